The Morgan fingerprint density at radius 2 is 1.36 bits per heavy atom. The van der Waals surface area contributed by atoms with Gasteiger partial charge in [0.15, 0.2) is 0 Å². The molecule has 0 aliphatic carbocycles. The van der Waals surface area contributed by atoms with Crippen LogP contribution in [0.5, 0.6) is 0 Å². The van der Waals surface area contributed by atoms with E-state index in [9.17, 15) is 4.79 Å². The molecule has 7 nitrogen and oxygen atoms in total. The lowest BCUT2D eigenvalue weighted by atomic mass is 10.00. The van der Waals surface area contributed by atoms with Gasteiger partial charge in [0.05, 0.1) is 5.69 Å². The fourth-order valence-corrected chi connectivity index (χ4v) is 4.62. The van der Waals surface area contributed by atoms with Crippen LogP contribution in [0.3, 0.4) is 0 Å². The number of hydrogen-bond donors (Lipinski definition) is 2. The van der Waals surface area contributed by atoms with E-state index in [4.69, 9.17) is 19.8 Å². The molecule has 2 heterocycles. The topological polar surface area (TPSA) is 99.3 Å². The number of carbonyl (C=O) groups excluding carboxylic acids is 1. The first-order valence-corrected chi connectivity index (χ1v) is 14.2. The molecule has 3 rings (SSSR count). The lowest BCUT2D eigenvalue weighted by Crippen LogP contribution is -2.27. The fraction of sp³-hybridized carbons (Fsp3) is 0.469. The van der Waals surface area contributed by atoms with Crippen LogP contribution in [0.15, 0.2) is 54.7 Å². The first-order chi connectivity index (χ1) is 18.8. The Morgan fingerprint density at radius 1 is 0.744 bits per heavy atom. The van der Waals surface area contributed by atoms with Crippen molar-refractivity contribution in [2.75, 3.05) is 19.6 Å². The van der Waals surface area contributed by atoms with Crippen LogP contribution in [0.4, 0.5) is 0 Å². The van der Waals surface area contributed by atoms with Gasteiger partial charge in [-0.3, -0.25) is 4.79 Å². The fourth-order valence-electron chi connectivity index (χ4n) is 4.62. The van der Waals surface area contributed by atoms with Gasteiger partial charge in [-0.1, -0.05) is 70.4 Å². The number of nitrogens with zero attached hydrogens (tertiary/aromatic N) is 2. The zero-order chi connectivity index (χ0) is 28.6. The lowest BCUT2D eigenvalue weighted by Gasteiger charge is -2.21. The summed E-state index contributed by atoms with van der Waals surface area (Å²) in [5, 5.41) is 14.8. The molecule has 0 aliphatic heterocycles. The molecule has 0 atom stereocenters. The molecule has 0 saturated carbocycles. The monoisotopic (exact) mass is 536 g/mol. The molecule has 0 aliphatic rings. The molecule has 212 valence electrons. The third kappa shape index (κ3) is 10.3. The Balaban J connectivity index is 0.000000798. The van der Waals surface area contributed by atoms with Crippen molar-refractivity contribution in [1.82, 2.24) is 9.30 Å². The van der Waals surface area contributed by atoms with Gasteiger partial charge in [-0.2, -0.15) is 0 Å². The number of rotatable bonds is 15. The van der Waals surface area contributed by atoms with Crippen molar-refractivity contribution in [2.45, 2.75) is 78.6 Å². The van der Waals surface area contributed by atoms with Gasteiger partial charge in [0.2, 0.25) is 5.78 Å². The van der Waals surface area contributed by atoms with Gasteiger partial charge in [0, 0.05) is 17.3 Å². The van der Waals surface area contributed by atoms with Crippen molar-refractivity contribution >= 4 is 23.2 Å². The van der Waals surface area contributed by atoms with Crippen molar-refractivity contribution < 1.29 is 24.6 Å². The van der Waals surface area contributed by atoms with Crippen LogP contribution in [0.2, 0.25) is 0 Å². The van der Waals surface area contributed by atoms with Gasteiger partial charge >= 0.3 is 11.9 Å². The van der Waals surface area contributed by atoms with E-state index in [1.165, 1.54) is 63.7 Å². The summed E-state index contributed by atoms with van der Waals surface area (Å²) in [6.07, 6.45) is 12.6. The second kappa shape index (κ2) is 17.2. The number of hydrogen-bond acceptors (Lipinski definition) is 4. The number of aryl methyl sites for hydroxylation is 2. The maximum atomic E-state index is 13.4. The normalized spacial score (nSPS) is 10.9. The molecular formula is C32H44N2O5. The van der Waals surface area contributed by atoms with Gasteiger partial charge in [0.1, 0.15) is 0 Å². The average Bonchev–Trinajstić information content (AvgIpc) is 3.30. The molecule has 0 unspecified atom stereocenters. The summed E-state index contributed by atoms with van der Waals surface area (Å²) in [5.41, 5.74) is 5.17. The highest BCUT2D eigenvalue weighted by Gasteiger charge is 2.18. The molecule has 2 N–H and O–H groups in total. The van der Waals surface area contributed by atoms with Crippen molar-refractivity contribution in [3.63, 3.8) is 0 Å². The molecule has 3 aromatic rings. The molecule has 0 saturated heterocycles. The molecule has 0 amide bonds. The summed E-state index contributed by atoms with van der Waals surface area (Å²) in [6.45, 7) is 10.4. The summed E-state index contributed by atoms with van der Waals surface area (Å²) in [7, 11) is 0. The Bertz CT molecular complexity index is 1160. The van der Waals surface area contributed by atoms with Gasteiger partial charge in [-0.15, -0.1) is 0 Å². The van der Waals surface area contributed by atoms with Gasteiger partial charge in [-0.25, -0.2) is 9.59 Å². The molecule has 0 radical (unpaired) electrons. The second-order valence-corrected chi connectivity index (χ2v) is 9.91. The van der Waals surface area contributed by atoms with E-state index in [0.29, 0.717) is 0 Å². The highest BCUT2D eigenvalue weighted by Crippen LogP contribution is 2.22. The number of benzene rings is 1. The van der Waals surface area contributed by atoms with E-state index in [0.717, 1.165) is 41.6 Å². The molecule has 1 aromatic carbocycles. The van der Waals surface area contributed by atoms with Crippen LogP contribution in [0.1, 0.15) is 92.9 Å². The third-order valence-electron chi connectivity index (χ3n) is 6.74. The van der Waals surface area contributed by atoms with Gasteiger partial charge in [0.25, 0.3) is 0 Å². The van der Waals surface area contributed by atoms with Crippen LogP contribution < -0.4 is 0 Å². The predicted molar refractivity (Wildman–Crippen MR) is 156 cm³/mol. The van der Waals surface area contributed by atoms with E-state index < -0.39 is 11.9 Å². The van der Waals surface area contributed by atoms with Crippen LogP contribution in [-0.4, -0.2) is 56.9 Å². The highest BCUT2D eigenvalue weighted by molar-refractivity contribution is 6.27. The first kappa shape index (κ1) is 31.8. The first-order valence-electron chi connectivity index (χ1n) is 14.2. The Kier molecular flexibility index (Phi) is 14.0. The number of pyridine rings is 1. The number of fused-ring (bicyclic) bond motifs is 1. The molecule has 0 spiro atoms. The molecule has 0 fully saturated rings. The Morgan fingerprint density at radius 3 is 1.92 bits per heavy atom. The molecule has 0 bridgehead atoms. The zero-order valence-electron chi connectivity index (χ0n) is 23.7. The predicted octanol–water partition coefficient (Wildman–Crippen LogP) is 6.50. The van der Waals surface area contributed by atoms with E-state index >= 15 is 0 Å². The minimum Gasteiger partial charge on any atom is -0.473 e. The summed E-state index contributed by atoms with van der Waals surface area (Å²) < 4.78 is 2.05. The molecule has 39 heavy (non-hydrogen) atoms. The number of ketones is 1. The maximum absolute atomic E-state index is 13.4. The van der Waals surface area contributed by atoms with E-state index in [2.05, 4.69) is 49.9 Å². The minimum absolute atomic E-state index is 0.124. The number of unbranched alkanes of at least 4 members (excludes halogenated alkanes) is 3. The SMILES string of the molecule is CCCCN(CCCC)CCCCc1ccc(C(=O)c2c(CCC)cc3ccccn23)cc1.O=C(O)C(=O)O. The largest absolute Gasteiger partial charge is 0.473 e. The molecule has 2 aromatic heterocycles. The van der Waals surface area contributed by atoms with E-state index in [1.54, 1.807) is 0 Å². The third-order valence-corrected chi connectivity index (χ3v) is 6.74. The quantitative estimate of drug-likeness (QED) is 0.131. The minimum atomic E-state index is -1.82. The number of carboxylic acid groups (broad SMARTS) is 2. The number of carboxylic acids is 2. The van der Waals surface area contributed by atoms with Crippen molar-refractivity contribution in [2.24, 2.45) is 0 Å². The van der Waals surface area contributed by atoms with Crippen LogP contribution in [0.25, 0.3) is 5.52 Å². The van der Waals surface area contributed by atoms with E-state index in [-0.39, 0.29) is 5.78 Å². The van der Waals surface area contributed by atoms with Crippen LogP contribution in [0, 0.1) is 0 Å². The number of aromatic nitrogens is 1. The summed E-state index contributed by atoms with van der Waals surface area (Å²) >= 11 is 0. The average molecular weight is 537 g/mol. The maximum Gasteiger partial charge on any atom is 0.414 e. The lowest BCUT2D eigenvalue weighted by molar-refractivity contribution is -0.159. The number of carbonyl (C=O) groups is 3. The number of aliphatic carboxylic acids is 2. The summed E-state index contributed by atoms with van der Waals surface area (Å²) in [4.78, 5) is 34.3. The van der Waals surface area contributed by atoms with E-state index in [1.807, 2.05) is 34.9 Å². The van der Waals surface area contributed by atoms with Crippen LogP contribution in [-0.2, 0) is 22.4 Å². The van der Waals surface area contributed by atoms with Crippen molar-refractivity contribution in [3.05, 3.63) is 77.1 Å². The second-order valence-electron chi connectivity index (χ2n) is 9.91. The smallest absolute Gasteiger partial charge is 0.414 e. The zero-order valence-corrected chi connectivity index (χ0v) is 23.7. The Labute approximate surface area is 232 Å². The summed E-state index contributed by atoms with van der Waals surface area (Å²) in [6, 6.07) is 16.6. The van der Waals surface area contributed by atoms with Gasteiger partial charge in [-0.05, 0) is 87.5 Å². The van der Waals surface area contributed by atoms with Crippen LogP contribution >= 0.6 is 0 Å². The highest BCUT2D eigenvalue weighted by atomic mass is 16.4. The molecule has 7 heteroatoms. The standard InChI is InChI=1S/C30H42N2O.C2H2O4/c1-4-7-20-31(21-8-5-2)22-11-9-14-25-16-18-26(19-17-25)30(33)29-27(13-6-3)24-28-15-10-12-23-32(28)29;3-1(4)2(5)6/h10,12,15-19,23-24H,4-9,11,13-14,20-22H2,1-3H3;(H,3,4)(H,5,6). The summed E-state index contributed by atoms with van der Waals surface area (Å²) in [5.74, 6) is -3.52. The van der Waals surface area contributed by atoms with Crippen molar-refractivity contribution in [1.29, 1.82) is 0 Å². The van der Waals surface area contributed by atoms with Crippen molar-refractivity contribution in [3.8, 4) is 0 Å². The molecular weight excluding hydrogens is 492 g/mol. The van der Waals surface area contributed by atoms with Gasteiger partial charge < -0.3 is 19.5 Å². The Hall–Kier alpha value is -3.45.